The summed E-state index contributed by atoms with van der Waals surface area (Å²) in [6, 6.07) is 23.3. The third-order valence-electron chi connectivity index (χ3n) is 4.76. The van der Waals surface area contributed by atoms with E-state index in [9.17, 15) is 4.79 Å². The lowest BCUT2D eigenvalue weighted by atomic mass is 9.94. The topological polar surface area (TPSA) is 47.6 Å². The van der Waals surface area contributed by atoms with Crippen molar-refractivity contribution in [2.45, 2.75) is 18.9 Å². The van der Waals surface area contributed by atoms with E-state index in [1.165, 1.54) is 0 Å². The van der Waals surface area contributed by atoms with Crippen LogP contribution in [-0.2, 0) is 11.2 Å². The van der Waals surface area contributed by atoms with Crippen molar-refractivity contribution in [1.29, 1.82) is 0 Å². The van der Waals surface area contributed by atoms with Gasteiger partial charge < -0.3 is 14.8 Å². The van der Waals surface area contributed by atoms with Gasteiger partial charge in [0, 0.05) is 17.5 Å². The van der Waals surface area contributed by atoms with Crippen molar-refractivity contribution in [2.75, 3.05) is 7.11 Å². The van der Waals surface area contributed by atoms with Crippen LogP contribution in [0.5, 0.6) is 17.2 Å². The average Bonchev–Trinajstić information content (AvgIpc) is 2.72. The molecule has 1 amide bonds. The van der Waals surface area contributed by atoms with Gasteiger partial charge >= 0.3 is 0 Å². The highest BCUT2D eigenvalue weighted by Gasteiger charge is 2.27. The van der Waals surface area contributed by atoms with E-state index >= 15 is 0 Å². The van der Waals surface area contributed by atoms with Gasteiger partial charge in [-0.15, -0.1) is 0 Å². The second-order valence-electron chi connectivity index (χ2n) is 6.53. The summed E-state index contributed by atoms with van der Waals surface area (Å²) in [7, 11) is 1.64. The zero-order valence-electron chi connectivity index (χ0n) is 15.1. The number of hydrogen-bond donors (Lipinski definition) is 1. The quantitative estimate of drug-likeness (QED) is 0.722. The molecule has 3 aromatic carbocycles. The second-order valence-corrected chi connectivity index (χ2v) is 6.53. The predicted molar refractivity (Wildman–Crippen MR) is 104 cm³/mol. The largest absolute Gasteiger partial charge is 0.497 e. The summed E-state index contributed by atoms with van der Waals surface area (Å²) in [4.78, 5) is 12.7. The van der Waals surface area contributed by atoms with Gasteiger partial charge in [-0.1, -0.05) is 48.5 Å². The molecule has 27 heavy (non-hydrogen) atoms. The van der Waals surface area contributed by atoms with Gasteiger partial charge in [-0.25, -0.2) is 0 Å². The zero-order valence-corrected chi connectivity index (χ0v) is 15.1. The molecule has 4 heteroatoms. The molecule has 0 aromatic heterocycles. The standard InChI is InChI=1S/C23H21NO3/c1-26-17-8-6-7-16(15-17)13-14-22(25)24-23-18-9-2-4-11-20(18)27-21-12-5-3-10-19(21)23/h2-12,15,23H,13-14H2,1H3,(H,24,25). The molecule has 0 unspecified atom stereocenters. The Balaban J connectivity index is 1.51. The Hall–Kier alpha value is -3.27. The Morgan fingerprint density at radius 3 is 2.30 bits per heavy atom. The molecule has 4 rings (SSSR count). The number of fused-ring (bicyclic) bond motifs is 2. The van der Waals surface area contributed by atoms with Crippen LogP contribution in [0.1, 0.15) is 29.2 Å². The number of hydrogen-bond acceptors (Lipinski definition) is 3. The fourth-order valence-corrected chi connectivity index (χ4v) is 3.38. The van der Waals surface area contributed by atoms with E-state index in [0.717, 1.165) is 33.9 Å². The lowest BCUT2D eigenvalue weighted by molar-refractivity contribution is -0.121. The zero-order chi connectivity index (χ0) is 18.6. The minimum Gasteiger partial charge on any atom is -0.497 e. The molecule has 0 aliphatic carbocycles. The van der Waals surface area contributed by atoms with E-state index < -0.39 is 0 Å². The highest BCUT2D eigenvalue weighted by Crippen LogP contribution is 2.42. The summed E-state index contributed by atoms with van der Waals surface area (Å²) < 4.78 is 11.2. The molecule has 0 atom stereocenters. The summed E-state index contributed by atoms with van der Waals surface area (Å²) in [6.07, 6.45) is 1.07. The first-order valence-electron chi connectivity index (χ1n) is 9.02. The number of carbonyl (C=O) groups is 1. The van der Waals surface area contributed by atoms with Gasteiger partial charge in [0.15, 0.2) is 0 Å². The first-order valence-corrected chi connectivity index (χ1v) is 9.02. The normalized spacial score (nSPS) is 12.5. The summed E-state index contributed by atoms with van der Waals surface area (Å²) in [5, 5.41) is 3.18. The van der Waals surface area contributed by atoms with Crippen molar-refractivity contribution in [2.24, 2.45) is 0 Å². The van der Waals surface area contributed by atoms with Crippen LogP contribution < -0.4 is 14.8 Å². The number of amides is 1. The van der Waals surface area contributed by atoms with Crippen molar-refractivity contribution >= 4 is 5.91 Å². The summed E-state index contributed by atoms with van der Waals surface area (Å²) in [5.41, 5.74) is 3.04. The van der Waals surface area contributed by atoms with Gasteiger partial charge in [0.25, 0.3) is 0 Å². The monoisotopic (exact) mass is 359 g/mol. The fourth-order valence-electron chi connectivity index (χ4n) is 3.38. The number of para-hydroxylation sites is 2. The Labute approximate surface area is 158 Å². The van der Waals surface area contributed by atoms with Crippen molar-refractivity contribution in [3.05, 3.63) is 89.5 Å². The van der Waals surface area contributed by atoms with Crippen LogP contribution in [0.3, 0.4) is 0 Å². The second kappa shape index (κ2) is 7.54. The third-order valence-corrected chi connectivity index (χ3v) is 4.76. The van der Waals surface area contributed by atoms with Crippen LogP contribution in [0, 0.1) is 0 Å². The van der Waals surface area contributed by atoms with Crippen LogP contribution in [-0.4, -0.2) is 13.0 Å². The Kier molecular flexibility index (Phi) is 4.79. The van der Waals surface area contributed by atoms with E-state index in [1.807, 2.05) is 72.8 Å². The number of rotatable bonds is 5. The van der Waals surface area contributed by atoms with Gasteiger partial charge in [-0.05, 0) is 36.2 Å². The highest BCUT2D eigenvalue weighted by atomic mass is 16.5. The smallest absolute Gasteiger partial charge is 0.221 e. The average molecular weight is 359 g/mol. The van der Waals surface area contributed by atoms with Crippen LogP contribution in [0.2, 0.25) is 0 Å². The maximum absolute atomic E-state index is 12.7. The number of nitrogens with one attached hydrogen (secondary N) is 1. The molecule has 0 fully saturated rings. The van der Waals surface area contributed by atoms with Crippen molar-refractivity contribution in [1.82, 2.24) is 5.32 Å². The Bertz CT molecular complexity index is 922. The number of benzene rings is 3. The minimum absolute atomic E-state index is 0.00864. The molecule has 0 bridgehead atoms. The molecule has 3 aromatic rings. The summed E-state index contributed by atoms with van der Waals surface area (Å²) in [5.74, 6) is 2.39. The molecule has 0 saturated carbocycles. The highest BCUT2D eigenvalue weighted by molar-refractivity contribution is 5.78. The predicted octanol–water partition coefficient (Wildman–Crippen LogP) is 4.64. The molecular weight excluding hydrogens is 338 g/mol. The van der Waals surface area contributed by atoms with Crippen LogP contribution in [0.15, 0.2) is 72.8 Å². The molecule has 1 heterocycles. The number of methoxy groups -OCH3 is 1. The van der Waals surface area contributed by atoms with Crippen LogP contribution in [0.4, 0.5) is 0 Å². The molecule has 0 saturated heterocycles. The maximum Gasteiger partial charge on any atom is 0.221 e. The molecule has 0 spiro atoms. The van der Waals surface area contributed by atoms with Crippen LogP contribution >= 0.6 is 0 Å². The molecule has 1 N–H and O–H groups in total. The van der Waals surface area contributed by atoms with Gasteiger partial charge in [-0.2, -0.15) is 0 Å². The molecule has 0 radical (unpaired) electrons. The van der Waals surface area contributed by atoms with E-state index in [1.54, 1.807) is 7.11 Å². The maximum atomic E-state index is 12.7. The molecule has 4 nitrogen and oxygen atoms in total. The van der Waals surface area contributed by atoms with Gasteiger partial charge in [0.1, 0.15) is 17.2 Å². The summed E-state index contributed by atoms with van der Waals surface area (Å²) in [6.45, 7) is 0. The number of carbonyl (C=O) groups excluding carboxylic acids is 1. The first-order chi connectivity index (χ1) is 13.2. The van der Waals surface area contributed by atoms with E-state index in [2.05, 4.69) is 5.32 Å². The fraction of sp³-hybridized carbons (Fsp3) is 0.174. The minimum atomic E-state index is -0.205. The number of ether oxygens (including phenoxy) is 2. The molecule has 136 valence electrons. The Morgan fingerprint density at radius 1 is 0.963 bits per heavy atom. The van der Waals surface area contributed by atoms with E-state index in [4.69, 9.17) is 9.47 Å². The molecule has 1 aliphatic heterocycles. The lowest BCUT2D eigenvalue weighted by Gasteiger charge is -2.28. The lowest BCUT2D eigenvalue weighted by Crippen LogP contribution is -2.31. The van der Waals surface area contributed by atoms with Gasteiger partial charge in [0.2, 0.25) is 5.91 Å². The molecular formula is C23H21NO3. The summed E-state index contributed by atoms with van der Waals surface area (Å²) >= 11 is 0. The van der Waals surface area contributed by atoms with E-state index in [-0.39, 0.29) is 11.9 Å². The molecule has 1 aliphatic rings. The van der Waals surface area contributed by atoms with E-state index in [0.29, 0.717) is 12.8 Å². The Morgan fingerprint density at radius 2 is 1.63 bits per heavy atom. The number of aryl methyl sites for hydroxylation is 1. The SMILES string of the molecule is COc1cccc(CCC(=O)NC2c3ccccc3Oc3ccccc32)c1. The van der Waals surface area contributed by atoms with Crippen molar-refractivity contribution in [3.63, 3.8) is 0 Å². The third kappa shape index (κ3) is 3.65. The van der Waals surface area contributed by atoms with Crippen molar-refractivity contribution < 1.29 is 14.3 Å². The van der Waals surface area contributed by atoms with Gasteiger partial charge in [0.05, 0.1) is 13.2 Å². The van der Waals surface area contributed by atoms with Crippen molar-refractivity contribution in [3.8, 4) is 17.2 Å². The first kappa shape index (κ1) is 17.2. The van der Waals surface area contributed by atoms with Crippen LogP contribution in [0.25, 0.3) is 0 Å². The van der Waals surface area contributed by atoms with Gasteiger partial charge in [-0.3, -0.25) is 4.79 Å².